The van der Waals surface area contributed by atoms with Gasteiger partial charge in [-0.15, -0.1) is 0 Å². The first kappa shape index (κ1) is 16.9. The van der Waals surface area contributed by atoms with E-state index in [1.807, 2.05) is 13.8 Å². The Labute approximate surface area is 118 Å². The first-order valence-corrected chi connectivity index (χ1v) is 8.85. The fourth-order valence-electron chi connectivity index (χ4n) is 2.31. The van der Waals surface area contributed by atoms with E-state index in [1.165, 1.54) is 0 Å². The van der Waals surface area contributed by atoms with Crippen molar-refractivity contribution in [1.29, 1.82) is 0 Å². The molecule has 0 aromatic carbocycles. The summed E-state index contributed by atoms with van der Waals surface area (Å²) in [5.74, 6) is 0.841. The third kappa shape index (κ3) is 6.21. The van der Waals surface area contributed by atoms with Gasteiger partial charge in [0.15, 0.2) is 0 Å². The summed E-state index contributed by atoms with van der Waals surface area (Å²) in [6.45, 7) is 13.0. The minimum absolute atomic E-state index is 0.204. The Morgan fingerprint density at radius 3 is 2.11 bits per heavy atom. The average Bonchev–Trinajstić information content (AvgIpc) is 2.28. The summed E-state index contributed by atoms with van der Waals surface area (Å²) in [6, 6.07) is 0.332. The second-order valence-corrected chi connectivity index (χ2v) is 8.11. The van der Waals surface area contributed by atoms with Crippen LogP contribution in [0.15, 0.2) is 0 Å². The lowest BCUT2D eigenvalue weighted by molar-refractivity contribution is 0.172. The third-order valence-electron chi connectivity index (χ3n) is 3.26. The topological polar surface area (TPSA) is 52.7 Å². The molecule has 114 valence electrons. The molecular formula is C13H29N3O2S. The zero-order chi connectivity index (χ0) is 14.5. The lowest BCUT2D eigenvalue weighted by atomic mass is 10.2. The summed E-state index contributed by atoms with van der Waals surface area (Å²) in [7, 11) is -3.09. The standard InChI is InChI=1S/C13H29N3O2S/c1-12(2)11-15-6-8-16(9-7-15)19(17,18)10-5-14-13(3)4/h12-14H,5-11H2,1-4H3. The molecule has 0 radical (unpaired) electrons. The first-order valence-electron chi connectivity index (χ1n) is 7.25. The molecule has 19 heavy (non-hydrogen) atoms. The lowest BCUT2D eigenvalue weighted by Gasteiger charge is -2.34. The van der Waals surface area contributed by atoms with Crippen molar-refractivity contribution in [2.45, 2.75) is 33.7 Å². The fraction of sp³-hybridized carbons (Fsp3) is 1.00. The van der Waals surface area contributed by atoms with Crippen LogP contribution in [0, 0.1) is 5.92 Å². The molecule has 5 nitrogen and oxygen atoms in total. The zero-order valence-electron chi connectivity index (χ0n) is 12.7. The average molecular weight is 291 g/mol. The normalized spacial score (nSPS) is 19.5. The molecule has 0 aliphatic carbocycles. The predicted molar refractivity (Wildman–Crippen MR) is 79.8 cm³/mol. The highest BCUT2D eigenvalue weighted by molar-refractivity contribution is 7.89. The molecular weight excluding hydrogens is 262 g/mol. The summed E-state index contributed by atoms with van der Waals surface area (Å²) in [4.78, 5) is 2.35. The molecule has 0 unspecified atom stereocenters. The molecule has 1 N–H and O–H groups in total. The SMILES string of the molecule is CC(C)CN1CCN(S(=O)(=O)CCNC(C)C)CC1. The molecule has 1 aliphatic heterocycles. The zero-order valence-corrected chi connectivity index (χ0v) is 13.5. The van der Waals surface area contributed by atoms with Crippen molar-refractivity contribution in [1.82, 2.24) is 14.5 Å². The van der Waals surface area contributed by atoms with Crippen LogP contribution in [0.2, 0.25) is 0 Å². The van der Waals surface area contributed by atoms with Gasteiger partial charge in [0, 0.05) is 45.3 Å². The number of rotatable bonds is 7. The minimum Gasteiger partial charge on any atom is -0.313 e. The van der Waals surface area contributed by atoms with Gasteiger partial charge in [-0.2, -0.15) is 4.31 Å². The number of hydrogen-bond acceptors (Lipinski definition) is 4. The van der Waals surface area contributed by atoms with Crippen molar-refractivity contribution in [2.75, 3.05) is 45.0 Å². The molecule has 1 aliphatic rings. The quantitative estimate of drug-likeness (QED) is 0.746. The molecule has 1 heterocycles. The summed E-state index contributed by atoms with van der Waals surface area (Å²) < 4.78 is 26.0. The summed E-state index contributed by atoms with van der Waals surface area (Å²) >= 11 is 0. The first-order chi connectivity index (χ1) is 8.81. The fourth-order valence-corrected chi connectivity index (χ4v) is 3.67. The number of nitrogens with one attached hydrogen (secondary N) is 1. The maximum Gasteiger partial charge on any atom is 0.215 e. The van der Waals surface area contributed by atoms with Crippen LogP contribution in [0.5, 0.6) is 0 Å². The van der Waals surface area contributed by atoms with Crippen molar-refractivity contribution in [2.24, 2.45) is 5.92 Å². The highest BCUT2D eigenvalue weighted by Crippen LogP contribution is 2.09. The molecule has 0 amide bonds. The lowest BCUT2D eigenvalue weighted by Crippen LogP contribution is -2.50. The Morgan fingerprint density at radius 1 is 1.05 bits per heavy atom. The number of nitrogens with zero attached hydrogens (tertiary/aromatic N) is 2. The van der Waals surface area contributed by atoms with Gasteiger partial charge < -0.3 is 10.2 Å². The molecule has 1 fully saturated rings. The Bertz CT molecular complexity index is 347. The molecule has 0 spiro atoms. The van der Waals surface area contributed by atoms with Crippen LogP contribution in [-0.4, -0.2) is 68.7 Å². The Kier molecular flexibility index (Phi) is 6.73. The van der Waals surface area contributed by atoms with Crippen LogP contribution in [0.3, 0.4) is 0 Å². The van der Waals surface area contributed by atoms with Crippen LogP contribution >= 0.6 is 0 Å². The van der Waals surface area contributed by atoms with Crippen molar-refractivity contribution in [3.05, 3.63) is 0 Å². The Hall–Kier alpha value is -0.170. The molecule has 0 aromatic heterocycles. The van der Waals surface area contributed by atoms with E-state index < -0.39 is 10.0 Å². The second kappa shape index (κ2) is 7.57. The maximum absolute atomic E-state index is 12.2. The van der Waals surface area contributed by atoms with E-state index in [1.54, 1.807) is 4.31 Å². The van der Waals surface area contributed by atoms with E-state index in [0.717, 1.165) is 19.6 Å². The smallest absolute Gasteiger partial charge is 0.215 e. The molecule has 0 aromatic rings. The third-order valence-corrected chi connectivity index (χ3v) is 5.13. The van der Waals surface area contributed by atoms with Crippen molar-refractivity contribution >= 4 is 10.0 Å². The van der Waals surface area contributed by atoms with E-state index >= 15 is 0 Å². The van der Waals surface area contributed by atoms with E-state index in [4.69, 9.17) is 0 Å². The van der Waals surface area contributed by atoms with Crippen LogP contribution < -0.4 is 5.32 Å². The van der Waals surface area contributed by atoms with E-state index in [9.17, 15) is 8.42 Å². The monoisotopic (exact) mass is 291 g/mol. The van der Waals surface area contributed by atoms with Gasteiger partial charge in [0.05, 0.1) is 5.75 Å². The van der Waals surface area contributed by atoms with Gasteiger partial charge >= 0.3 is 0 Å². The van der Waals surface area contributed by atoms with Crippen molar-refractivity contribution in [3.8, 4) is 0 Å². The molecule has 0 atom stereocenters. The second-order valence-electron chi connectivity index (χ2n) is 6.02. The highest BCUT2D eigenvalue weighted by Gasteiger charge is 2.26. The van der Waals surface area contributed by atoms with Gasteiger partial charge in [-0.1, -0.05) is 27.7 Å². The highest BCUT2D eigenvalue weighted by atomic mass is 32.2. The van der Waals surface area contributed by atoms with Gasteiger partial charge in [-0.3, -0.25) is 0 Å². The summed E-state index contributed by atoms with van der Waals surface area (Å²) in [5, 5.41) is 3.16. The van der Waals surface area contributed by atoms with E-state index in [-0.39, 0.29) is 5.75 Å². The Balaban J connectivity index is 2.36. The molecule has 1 rings (SSSR count). The van der Waals surface area contributed by atoms with Crippen molar-refractivity contribution < 1.29 is 8.42 Å². The van der Waals surface area contributed by atoms with Gasteiger partial charge in [0.1, 0.15) is 0 Å². The summed E-state index contributed by atoms with van der Waals surface area (Å²) in [6.07, 6.45) is 0. The van der Waals surface area contributed by atoms with Gasteiger partial charge in [0.2, 0.25) is 10.0 Å². The van der Waals surface area contributed by atoms with Crippen LogP contribution in [0.25, 0.3) is 0 Å². The van der Waals surface area contributed by atoms with E-state index in [0.29, 0.717) is 31.6 Å². The van der Waals surface area contributed by atoms with Crippen LogP contribution in [-0.2, 0) is 10.0 Å². The number of piperazine rings is 1. The van der Waals surface area contributed by atoms with Crippen LogP contribution in [0.1, 0.15) is 27.7 Å². The Morgan fingerprint density at radius 2 is 1.63 bits per heavy atom. The van der Waals surface area contributed by atoms with Gasteiger partial charge in [0.25, 0.3) is 0 Å². The number of sulfonamides is 1. The largest absolute Gasteiger partial charge is 0.313 e. The van der Waals surface area contributed by atoms with Gasteiger partial charge in [-0.25, -0.2) is 8.42 Å². The van der Waals surface area contributed by atoms with Crippen molar-refractivity contribution in [3.63, 3.8) is 0 Å². The molecule has 0 saturated carbocycles. The molecule has 0 bridgehead atoms. The summed E-state index contributed by atoms with van der Waals surface area (Å²) in [5.41, 5.74) is 0. The van der Waals surface area contributed by atoms with Crippen LogP contribution in [0.4, 0.5) is 0 Å². The van der Waals surface area contributed by atoms with E-state index in [2.05, 4.69) is 24.1 Å². The van der Waals surface area contributed by atoms with Gasteiger partial charge in [-0.05, 0) is 5.92 Å². The minimum atomic E-state index is -3.09. The predicted octanol–water partition coefficient (Wildman–Crippen LogP) is 0.588. The maximum atomic E-state index is 12.2. The number of hydrogen-bond donors (Lipinski definition) is 1. The molecule has 1 saturated heterocycles. The molecule has 6 heteroatoms.